The van der Waals surface area contributed by atoms with Crippen LogP contribution in [0.1, 0.15) is 6.42 Å². The molecule has 0 aromatic heterocycles. The van der Waals surface area contributed by atoms with Crippen molar-refractivity contribution < 1.29 is 12.6 Å². The van der Waals surface area contributed by atoms with Gasteiger partial charge in [0.2, 0.25) is 0 Å². The monoisotopic (exact) mass is 252 g/mol. The van der Waals surface area contributed by atoms with E-state index in [0.29, 0.717) is 6.42 Å². The molecule has 0 spiro atoms. The van der Waals surface area contributed by atoms with E-state index in [1.807, 2.05) is 0 Å². The first-order chi connectivity index (χ1) is 5.49. The number of hydrogen-bond donors (Lipinski definition) is 0. The maximum Gasteiger partial charge on any atom is 0.273 e. The molecular formula is C5H7Cl3O3S. The first kappa shape index (κ1) is 10.9. The maximum atomic E-state index is 10.9. The van der Waals surface area contributed by atoms with Gasteiger partial charge in [0.15, 0.2) is 0 Å². The van der Waals surface area contributed by atoms with Gasteiger partial charge in [-0.05, 0) is 6.42 Å². The Hall–Kier alpha value is 0.780. The van der Waals surface area contributed by atoms with Gasteiger partial charge in [-0.1, -0.05) is 0 Å². The molecule has 0 aromatic carbocycles. The smallest absolute Gasteiger partial charge is 0.262 e. The highest BCUT2D eigenvalue weighted by molar-refractivity contribution is 7.88. The Bertz CT molecular complexity index is 251. The summed E-state index contributed by atoms with van der Waals surface area (Å²) in [4.78, 5) is -0.818. The Morgan fingerprint density at radius 2 is 2.00 bits per heavy atom. The van der Waals surface area contributed by atoms with E-state index in [2.05, 4.69) is 4.18 Å². The van der Waals surface area contributed by atoms with Gasteiger partial charge in [0.25, 0.3) is 10.1 Å². The zero-order chi connectivity index (χ0) is 9.35. The van der Waals surface area contributed by atoms with Gasteiger partial charge >= 0.3 is 0 Å². The van der Waals surface area contributed by atoms with Gasteiger partial charge in [0.05, 0.1) is 0 Å². The van der Waals surface area contributed by atoms with Crippen LogP contribution < -0.4 is 0 Å². The lowest BCUT2D eigenvalue weighted by atomic mass is 10.2. The molecule has 1 aliphatic rings. The molecular weight excluding hydrogens is 246 g/mol. The van der Waals surface area contributed by atoms with Crippen LogP contribution in [0.3, 0.4) is 0 Å². The van der Waals surface area contributed by atoms with E-state index in [1.165, 1.54) is 0 Å². The summed E-state index contributed by atoms with van der Waals surface area (Å²) in [6.45, 7) is 0. The fourth-order valence-corrected chi connectivity index (χ4v) is 3.60. The standard InChI is InChI=1S/C5H7Cl3O3S/c6-2-1-3-4(5(7)8)11-12(3,9)10/h3-5H,1-2H2/t3-,4-/m1/s1. The van der Waals surface area contributed by atoms with Gasteiger partial charge in [-0.25, -0.2) is 0 Å². The van der Waals surface area contributed by atoms with E-state index in [9.17, 15) is 8.42 Å². The molecule has 12 heavy (non-hydrogen) atoms. The van der Waals surface area contributed by atoms with E-state index in [1.54, 1.807) is 0 Å². The fourth-order valence-electron chi connectivity index (χ4n) is 1.02. The summed E-state index contributed by atoms with van der Waals surface area (Å²) in [7, 11) is -3.43. The normalized spacial score (nSPS) is 33.3. The van der Waals surface area contributed by atoms with Crippen LogP contribution in [-0.2, 0) is 14.3 Å². The van der Waals surface area contributed by atoms with Gasteiger partial charge in [0.1, 0.15) is 16.2 Å². The minimum atomic E-state index is -3.43. The van der Waals surface area contributed by atoms with E-state index in [4.69, 9.17) is 34.8 Å². The van der Waals surface area contributed by atoms with Crippen LogP contribution in [0.4, 0.5) is 0 Å². The van der Waals surface area contributed by atoms with Crippen molar-refractivity contribution in [2.24, 2.45) is 0 Å². The molecule has 7 heteroatoms. The highest BCUT2D eigenvalue weighted by atomic mass is 35.5. The summed E-state index contributed by atoms with van der Waals surface area (Å²) in [5.41, 5.74) is 0. The zero-order valence-corrected chi connectivity index (χ0v) is 9.00. The third-order valence-corrected chi connectivity index (χ3v) is 4.08. The molecule has 0 N–H and O–H groups in total. The van der Waals surface area contributed by atoms with Gasteiger partial charge in [-0.3, -0.25) is 4.18 Å². The van der Waals surface area contributed by atoms with Crippen LogP contribution >= 0.6 is 34.8 Å². The second kappa shape index (κ2) is 3.88. The molecule has 0 bridgehead atoms. The fraction of sp³-hybridized carbons (Fsp3) is 1.00. The average molecular weight is 254 g/mol. The zero-order valence-electron chi connectivity index (χ0n) is 5.91. The Labute approximate surface area is 86.1 Å². The van der Waals surface area contributed by atoms with E-state index < -0.39 is 26.3 Å². The van der Waals surface area contributed by atoms with Crippen molar-refractivity contribution in [3.8, 4) is 0 Å². The van der Waals surface area contributed by atoms with Crippen molar-refractivity contribution in [3.63, 3.8) is 0 Å². The quantitative estimate of drug-likeness (QED) is 0.566. The molecule has 0 saturated carbocycles. The van der Waals surface area contributed by atoms with E-state index >= 15 is 0 Å². The molecule has 3 nitrogen and oxygen atoms in total. The first-order valence-corrected chi connectivity index (χ1v) is 6.13. The molecule has 0 unspecified atom stereocenters. The largest absolute Gasteiger partial charge is 0.273 e. The molecule has 0 aliphatic carbocycles. The van der Waals surface area contributed by atoms with E-state index in [-0.39, 0.29) is 5.88 Å². The van der Waals surface area contributed by atoms with E-state index in [0.717, 1.165) is 0 Å². The lowest BCUT2D eigenvalue weighted by molar-refractivity contribution is 0.148. The lowest BCUT2D eigenvalue weighted by Crippen LogP contribution is -2.53. The predicted octanol–water partition coefficient (Wildman–Crippen LogP) is 1.52. The molecule has 1 saturated heterocycles. The molecule has 72 valence electrons. The molecule has 0 radical (unpaired) electrons. The summed E-state index contributed by atoms with van der Waals surface area (Å²) in [6.07, 6.45) is -0.304. The molecule has 1 rings (SSSR count). The number of hydrogen-bond acceptors (Lipinski definition) is 3. The van der Waals surface area contributed by atoms with Crippen LogP contribution in [0, 0.1) is 0 Å². The van der Waals surface area contributed by atoms with Crippen LogP contribution in [-0.4, -0.2) is 30.5 Å². The average Bonchev–Trinajstić information content (AvgIpc) is 1.96. The maximum absolute atomic E-state index is 10.9. The van der Waals surface area contributed by atoms with Crippen LogP contribution in [0.2, 0.25) is 0 Å². The minimum absolute atomic E-state index is 0.254. The van der Waals surface area contributed by atoms with Crippen LogP contribution in [0.15, 0.2) is 0 Å². The highest BCUT2D eigenvalue weighted by Crippen LogP contribution is 2.34. The number of halogens is 3. The topological polar surface area (TPSA) is 43.4 Å². The lowest BCUT2D eigenvalue weighted by Gasteiger charge is -2.35. The SMILES string of the molecule is O=S1(=O)O[C@@H](C(Cl)Cl)[C@H]1CCCl. The van der Waals surface area contributed by atoms with Crippen molar-refractivity contribution in [3.05, 3.63) is 0 Å². The number of rotatable bonds is 3. The van der Waals surface area contributed by atoms with Gasteiger partial charge in [-0.2, -0.15) is 8.42 Å². The Morgan fingerprint density at radius 1 is 1.42 bits per heavy atom. The molecule has 1 aliphatic heterocycles. The highest BCUT2D eigenvalue weighted by Gasteiger charge is 2.50. The second-order valence-electron chi connectivity index (χ2n) is 2.40. The Balaban J connectivity index is 2.63. The van der Waals surface area contributed by atoms with Gasteiger partial charge in [0, 0.05) is 5.88 Å². The molecule has 2 atom stereocenters. The third-order valence-electron chi connectivity index (χ3n) is 1.62. The number of alkyl halides is 3. The van der Waals surface area contributed by atoms with Gasteiger partial charge in [-0.15, -0.1) is 34.8 Å². The Morgan fingerprint density at radius 3 is 2.33 bits per heavy atom. The summed E-state index contributed by atoms with van der Waals surface area (Å²) >= 11 is 16.3. The molecule has 1 fully saturated rings. The predicted molar refractivity (Wildman–Crippen MR) is 48.4 cm³/mol. The molecule has 0 aromatic rings. The minimum Gasteiger partial charge on any atom is -0.262 e. The first-order valence-electron chi connectivity index (χ1n) is 3.25. The molecule has 1 heterocycles. The van der Waals surface area contributed by atoms with Crippen molar-refractivity contribution >= 4 is 44.9 Å². The summed E-state index contributed by atoms with van der Waals surface area (Å²) in [6, 6.07) is 0. The van der Waals surface area contributed by atoms with Crippen LogP contribution in [0.25, 0.3) is 0 Å². The molecule has 0 amide bonds. The van der Waals surface area contributed by atoms with Crippen molar-refractivity contribution in [2.75, 3.05) is 5.88 Å². The van der Waals surface area contributed by atoms with Crippen LogP contribution in [0.5, 0.6) is 0 Å². The van der Waals surface area contributed by atoms with Crippen molar-refractivity contribution in [1.82, 2.24) is 0 Å². The summed E-state index contributed by atoms with van der Waals surface area (Å²) in [5, 5.41) is -0.644. The van der Waals surface area contributed by atoms with Crippen molar-refractivity contribution in [1.29, 1.82) is 0 Å². The van der Waals surface area contributed by atoms with Crippen molar-refractivity contribution in [2.45, 2.75) is 22.6 Å². The second-order valence-corrected chi connectivity index (χ2v) is 5.73. The summed E-state index contributed by atoms with van der Waals surface area (Å²) < 4.78 is 26.4. The summed E-state index contributed by atoms with van der Waals surface area (Å²) in [5.74, 6) is 0.254. The van der Waals surface area contributed by atoms with Gasteiger partial charge < -0.3 is 0 Å². The third kappa shape index (κ3) is 1.99. The Kier molecular flexibility index (Phi) is 3.51.